The van der Waals surface area contributed by atoms with E-state index < -0.39 is 0 Å². The third kappa shape index (κ3) is 3.30. The molecule has 5 nitrogen and oxygen atoms in total. The van der Waals surface area contributed by atoms with Crippen molar-refractivity contribution in [3.05, 3.63) is 16.0 Å². The third-order valence-electron chi connectivity index (χ3n) is 3.49. The lowest BCUT2D eigenvalue weighted by molar-refractivity contribution is -0.122. The molecule has 0 spiro atoms. The largest absolute Gasteiger partial charge is 0.389 e. The second-order valence-electron chi connectivity index (χ2n) is 5.02. The molecule has 1 aliphatic rings. The van der Waals surface area contributed by atoms with Gasteiger partial charge in [0.15, 0.2) is 0 Å². The van der Waals surface area contributed by atoms with E-state index in [1.165, 1.54) is 11.3 Å². The minimum Gasteiger partial charge on any atom is -0.389 e. The van der Waals surface area contributed by atoms with E-state index in [9.17, 15) is 4.79 Å². The van der Waals surface area contributed by atoms with Crippen molar-refractivity contribution in [3.8, 4) is 6.07 Å². The zero-order valence-corrected chi connectivity index (χ0v) is 12.6. The molecule has 2 heterocycles. The molecular weight excluding hydrogens is 272 g/mol. The summed E-state index contributed by atoms with van der Waals surface area (Å²) in [6.45, 7) is 4.79. The normalized spacial score (nSPS) is 14.6. The quantitative estimate of drug-likeness (QED) is 0.805. The first-order chi connectivity index (χ1) is 9.65. The molecule has 0 atom stereocenters. The summed E-state index contributed by atoms with van der Waals surface area (Å²) < 4.78 is 0. The standard InChI is InChI=1S/C14H20N4OS/c1-2-3-5-17-13(19)9-18-6-4-10-11(7-15)14(16)20-12(10)8-18/h2-6,8-9,16H2,1H3,(H,17,19). The Morgan fingerprint density at radius 3 is 3.10 bits per heavy atom. The smallest absolute Gasteiger partial charge is 0.234 e. The van der Waals surface area contributed by atoms with Crippen LogP contribution in [-0.2, 0) is 17.8 Å². The number of rotatable bonds is 5. The Balaban J connectivity index is 1.92. The van der Waals surface area contributed by atoms with Gasteiger partial charge in [-0.2, -0.15) is 5.26 Å². The number of hydrogen-bond donors (Lipinski definition) is 2. The summed E-state index contributed by atoms with van der Waals surface area (Å²) in [6.07, 6.45) is 2.90. The maximum atomic E-state index is 11.8. The topological polar surface area (TPSA) is 82.2 Å². The van der Waals surface area contributed by atoms with Gasteiger partial charge in [0.1, 0.15) is 11.1 Å². The van der Waals surface area contributed by atoms with Gasteiger partial charge < -0.3 is 11.1 Å². The van der Waals surface area contributed by atoms with Crippen LogP contribution in [0, 0.1) is 11.3 Å². The van der Waals surface area contributed by atoms with Crippen LogP contribution in [0.2, 0.25) is 0 Å². The maximum absolute atomic E-state index is 11.8. The van der Waals surface area contributed by atoms with Crippen LogP contribution in [0.3, 0.4) is 0 Å². The molecule has 1 aromatic heterocycles. The summed E-state index contributed by atoms with van der Waals surface area (Å²) in [5.41, 5.74) is 7.57. The van der Waals surface area contributed by atoms with E-state index in [1.54, 1.807) is 0 Å². The molecule has 108 valence electrons. The van der Waals surface area contributed by atoms with Crippen molar-refractivity contribution in [2.75, 3.05) is 25.4 Å². The van der Waals surface area contributed by atoms with Crippen molar-refractivity contribution in [2.45, 2.75) is 32.7 Å². The van der Waals surface area contributed by atoms with Gasteiger partial charge in [0.25, 0.3) is 0 Å². The van der Waals surface area contributed by atoms with E-state index in [0.29, 0.717) is 23.7 Å². The summed E-state index contributed by atoms with van der Waals surface area (Å²) in [4.78, 5) is 15.0. The number of carbonyl (C=O) groups is 1. The Labute approximate surface area is 123 Å². The number of nitrogens with two attached hydrogens (primary N) is 1. The van der Waals surface area contributed by atoms with Gasteiger partial charge in [-0.05, 0) is 18.4 Å². The minimum absolute atomic E-state index is 0.0759. The maximum Gasteiger partial charge on any atom is 0.234 e. The van der Waals surface area contributed by atoms with Gasteiger partial charge in [-0.1, -0.05) is 13.3 Å². The van der Waals surface area contributed by atoms with Gasteiger partial charge >= 0.3 is 0 Å². The first kappa shape index (κ1) is 14.8. The highest BCUT2D eigenvalue weighted by Crippen LogP contribution is 2.34. The Bertz CT molecular complexity index is 532. The predicted octanol–water partition coefficient (Wildman–Crippen LogP) is 1.48. The fourth-order valence-corrected chi connectivity index (χ4v) is 3.51. The predicted molar refractivity (Wildman–Crippen MR) is 80.3 cm³/mol. The van der Waals surface area contributed by atoms with E-state index in [0.717, 1.165) is 42.8 Å². The average molecular weight is 292 g/mol. The molecular formula is C14H20N4OS. The SMILES string of the molecule is CCCCNC(=O)CN1CCc2c(sc(N)c2C#N)C1. The number of unbranched alkanes of at least 4 members (excludes halogenated alkanes) is 1. The van der Waals surface area contributed by atoms with Crippen LogP contribution in [-0.4, -0.2) is 30.4 Å². The van der Waals surface area contributed by atoms with Crippen molar-refractivity contribution in [2.24, 2.45) is 0 Å². The van der Waals surface area contributed by atoms with Crippen LogP contribution in [0.25, 0.3) is 0 Å². The molecule has 0 saturated heterocycles. The highest BCUT2D eigenvalue weighted by molar-refractivity contribution is 7.16. The van der Waals surface area contributed by atoms with Crippen molar-refractivity contribution < 1.29 is 4.79 Å². The van der Waals surface area contributed by atoms with Crippen LogP contribution >= 0.6 is 11.3 Å². The van der Waals surface area contributed by atoms with Crippen LogP contribution in [0.15, 0.2) is 0 Å². The first-order valence-electron chi connectivity index (χ1n) is 6.94. The number of nitrogen functional groups attached to an aromatic ring is 1. The number of fused-ring (bicyclic) bond motifs is 1. The molecule has 0 radical (unpaired) electrons. The fraction of sp³-hybridized carbons (Fsp3) is 0.571. The highest BCUT2D eigenvalue weighted by atomic mass is 32.1. The van der Waals surface area contributed by atoms with E-state index >= 15 is 0 Å². The molecule has 0 aromatic carbocycles. The van der Waals surface area contributed by atoms with E-state index in [2.05, 4.69) is 23.2 Å². The van der Waals surface area contributed by atoms with Crippen LogP contribution in [0.4, 0.5) is 5.00 Å². The Morgan fingerprint density at radius 1 is 1.60 bits per heavy atom. The highest BCUT2D eigenvalue weighted by Gasteiger charge is 2.24. The Hall–Kier alpha value is -1.58. The zero-order valence-electron chi connectivity index (χ0n) is 11.7. The fourth-order valence-electron chi connectivity index (χ4n) is 2.40. The summed E-state index contributed by atoms with van der Waals surface area (Å²) in [5, 5.41) is 12.6. The van der Waals surface area contributed by atoms with Crippen molar-refractivity contribution in [3.63, 3.8) is 0 Å². The molecule has 0 bridgehead atoms. The lowest BCUT2D eigenvalue weighted by Gasteiger charge is -2.26. The van der Waals surface area contributed by atoms with Crippen LogP contribution in [0.5, 0.6) is 0 Å². The van der Waals surface area contributed by atoms with Gasteiger partial charge in [-0.3, -0.25) is 9.69 Å². The molecule has 0 unspecified atom stereocenters. The van der Waals surface area contributed by atoms with E-state index in [-0.39, 0.29) is 5.91 Å². The molecule has 1 amide bonds. The zero-order chi connectivity index (χ0) is 14.5. The molecule has 3 N–H and O–H groups in total. The number of amides is 1. The number of anilines is 1. The number of nitrogens with zero attached hydrogens (tertiary/aromatic N) is 2. The molecule has 0 fully saturated rings. The number of nitriles is 1. The molecule has 0 aliphatic carbocycles. The van der Waals surface area contributed by atoms with Crippen molar-refractivity contribution >= 4 is 22.2 Å². The summed E-state index contributed by atoms with van der Waals surface area (Å²) >= 11 is 1.48. The second kappa shape index (κ2) is 6.73. The van der Waals surface area contributed by atoms with E-state index in [4.69, 9.17) is 11.0 Å². The average Bonchev–Trinajstić information content (AvgIpc) is 2.73. The van der Waals surface area contributed by atoms with Crippen molar-refractivity contribution in [1.82, 2.24) is 10.2 Å². The lowest BCUT2D eigenvalue weighted by atomic mass is 10.0. The van der Waals surface area contributed by atoms with Gasteiger partial charge in [0.05, 0.1) is 12.1 Å². The third-order valence-corrected chi connectivity index (χ3v) is 4.54. The Morgan fingerprint density at radius 2 is 2.40 bits per heavy atom. The molecule has 20 heavy (non-hydrogen) atoms. The summed E-state index contributed by atoms with van der Waals surface area (Å²) in [6, 6.07) is 2.18. The van der Waals surface area contributed by atoms with Gasteiger partial charge in [0.2, 0.25) is 5.91 Å². The number of carbonyl (C=O) groups excluding carboxylic acids is 1. The van der Waals surface area contributed by atoms with Gasteiger partial charge in [0, 0.05) is 24.5 Å². The Kier molecular flexibility index (Phi) is 4.99. The molecule has 0 saturated carbocycles. The molecule has 2 rings (SSSR count). The van der Waals surface area contributed by atoms with Crippen LogP contribution in [0.1, 0.15) is 35.8 Å². The number of thiophene rings is 1. The van der Waals surface area contributed by atoms with Crippen LogP contribution < -0.4 is 11.1 Å². The number of hydrogen-bond acceptors (Lipinski definition) is 5. The molecule has 1 aliphatic heterocycles. The lowest BCUT2D eigenvalue weighted by Crippen LogP contribution is -2.39. The molecule has 1 aromatic rings. The monoisotopic (exact) mass is 292 g/mol. The minimum atomic E-state index is 0.0759. The van der Waals surface area contributed by atoms with Crippen molar-refractivity contribution in [1.29, 1.82) is 5.26 Å². The second-order valence-corrected chi connectivity index (χ2v) is 6.16. The summed E-state index contributed by atoms with van der Waals surface area (Å²) in [5.74, 6) is 0.0759. The van der Waals surface area contributed by atoms with E-state index in [1.807, 2.05) is 0 Å². The number of nitrogens with one attached hydrogen (secondary N) is 1. The first-order valence-corrected chi connectivity index (χ1v) is 7.76. The van der Waals surface area contributed by atoms with Gasteiger partial charge in [-0.25, -0.2) is 0 Å². The van der Waals surface area contributed by atoms with Gasteiger partial charge in [-0.15, -0.1) is 11.3 Å². The summed E-state index contributed by atoms with van der Waals surface area (Å²) in [7, 11) is 0. The molecule has 6 heteroatoms.